The number of nitrogens with one attached hydrogen (secondary N) is 1. The number of nitrogens with zero attached hydrogens (tertiary/aromatic N) is 1. The summed E-state index contributed by atoms with van der Waals surface area (Å²) < 4.78 is 43.9. The predicted molar refractivity (Wildman–Crippen MR) is 103 cm³/mol. The van der Waals surface area contributed by atoms with Crippen LogP contribution < -0.4 is 10.1 Å². The lowest BCUT2D eigenvalue weighted by Gasteiger charge is -2.20. The van der Waals surface area contributed by atoms with E-state index in [1.807, 2.05) is 0 Å². The van der Waals surface area contributed by atoms with E-state index in [0.717, 1.165) is 6.26 Å². The van der Waals surface area contributed by atoms with Crippen molar-refractivity contribution in [2.24, 2.45) is 0 Å². The summed E-state index contributed by atoms with van der Waals surface area (Å²) in [7, 11) is -1.96. The maximum absolute atomic E-state index is 13.7. The first-order valence-electron chi connectivity index (χ1n) is 8.42. The summed E-state index contributed by atoms with van der Waals surface area (Å²) in [5.74, 6) is -0.00713. The highest BCUT2D eigenvalue weighted by Gasteiger charge is 2.18. The molecule has 0 aliphatic heterocycles. The molecule has 0 atom stereocenters. The van der Waals surface area contributed by atoms with Gasteiger partial charge in [0.15, 0.2) is 0 Å². The Morgan fingerprint density at radius 1 is 1.11 bits per heavy atom. The molecule has 2 aromatic rings. The maximum atomic E-state index is 13.7. The van der Waals surface area contributed by atoms with Crippen molar-refractivity contribution in [3.63, 3.8) is 0 Å². The molecule has 1 N–H and O–H groups in total. The molecule has 146 valence electrons. The molecule has 0 radical (unpaired) electrons. The van der Waals surface area contributed by atoms with Crippen molar-refractivity contribution in [3.8, 4) is 5.75 Å². The van der Waals surface area contributed by atoms with Crippen LogP contribution in [0.4, 0.5) is 10.1 Å². The molecule has 0 heterocycles. The molecule has 0 fully saturated rings. The van der Waals surface area contributed by atoms with Crippen LogP contribution in [0.1, 0.15) is 12.0 Å². The van der Waals surface area contributed by atoms with Gasteiger partial charge < -0.3 is 10.1 Å². The standard InChI is InChI=1S/C19H23FN2O4S/c1-26-17-9-7-16(8-10-17)21-19(23)12-14-22(27(2,24)25)13-11-15-5-3-4-6-18(15)20/h3-10H,11-14H2,1-2H3,(H,21,23). The minimum absolute atomic E-state index is 0.00360. The molecule has 0 bridgehead atoms. The van der Waals surface area contributed by atoms with Gasteiger partial charge in [-0.05, 0) is 42.3 Å². The van der Waals surface area contributed by atoms with Gasteiger partial charge in [0.05, 0.1) is 13.4 Å². The van der Waals surface area contributed by atoms with Gasteiger partial charge in [0.1, 0.15) is 11.6 Å². The highest BCUT2D eigenvalue weighted by atomic mass is 32.2. The highest BCUT2D eigenvalue weighted by molar-refractivity contribution is 7.88. The molecule has 0 unspecified atom stereocenters. The minimum atomic E-state index is -3.51. The molecule has 0 saturated heterocycles. The highest BCUT2D eigenvalue weighted by Crippen LogP contribution is 2.15. The Morgan fingerprint density at radius 2 is 1.78 bits per heavy atom. The normalized spacial score (nSPS) is 11.4. The van der Waals surface area contributed by atoms with Crippen molar-refractivity contribution in [2.75, 3.05) is 31.8 Å². The Labute approximate surface area is 159 Å². The molecule has 1 amide bonds. The molecular weight excluding hydrogens is 371 g/mol. The third kappa shape index (κ3) is 6.65. The monoisotopic (exact) mass is 394 g/mol. The second-order valence-corrected chi connectivity index (χ2v) is 8.01. The Morgan fingerprint density at radius 3 is 2.37 bits per heavy atom. The van der Waals surface area contributed by atoms with Gasteiger partial charge in [-0.25, -0.2) is 17.1 Å². The van der Waals surface area contributed by atoms with Crippen molar-refractivity contribution in [3.05, 3.63) is 59.9 Å². The number of ether oxygens (including phenoxy) is 1. The quantitative estimate of drug-likeness (QED) is 0.710. The van der Waals surface area contributed by atoms with Crippen molar-refractivity contribution in [1.29, 1.82) is 0 Å². The van der Waals surface area contributed by atoms with Crippen LogP contribution in [0.5, 0.6) is 5.75 Å². The number of amides is 1. The average molecular weight is 394 g/mol. The summed E-state index contributed by atoms with van der Waals surface area (Å²) in [5, 5.41) is 2.71. The molecule has 6 nitrogen and oxygen atoms in total. The van der Waals surface area contributed by atoms with Crippen LogP contribution in [0, 0.1) is 5.82 Å². The zero-order valence-corrected chi connectivity index (χ0v) is 16.1. The number of hydrogen-bond donors (Lipinski definition) is 1. The van der Waals surface area contributed by atoms with Crippen LogP contribution in [-0.2, 0) is 21.2 Å². The van der Waals surface area contributed by atoms with E-state index < -0.39 is 10.0 Å². The molecule has 8 heteroatoms. The molecule has 2 rings (SSSR count). The van der Waals surface area contributed by atoms with E-state index in [9.17, 15) is 17.6 Å². The second kappa shape index (κ2) is 9.48. The van der Waals surface area contributed by atoms with Crippen LogP contribution in [0.2, 0.25) is 0 Å². The van der Waals surface area contributed by atoms with Crippen LogP contribution in [0.25, 0.3) is 0 Å². The maximum Gasteiger partial charge on any atom is 0.225 e. The van der Waals surface area contributed by atoms with E-state index in [-0.39, 0.29) is 37.7 Å². The summed E-state index contributed by atoms with van der Waals surface area (Å²) in [6.45, 7) is 0.130. The fourth-order valence-corrected chi connectivity index (χ4v) is 3.36. The van der Waals surface area contributed by atoms with Crippen LogP contribution in [-0.4, -0.2) is 45.1 Å². The van der Waals surface area contributed by atoms with Gasteiger partial charge in [-0.3, -0.25) is 4.79 Å². The molecule has 0 aromatic heterocycles. The van der Waals surface area contributed by atoms with E-state index in [1.165, 1.54) is 10.4 Å². The molecule has 27 heavy (non-hydrogen) atoms. The minimum Gasteiger partial charge on any atom is -0.497 e. The molecular formula is C19H23FN2O4S. The lowest BCUT2D eigenvalue weighted by Crippen LogP contribution is -2.34. The van der Waals surface area contributed by atoms with Gasteiger partial charge in [-0.1, -0.05) is 18.2 Å². The Balaban J connectivity index is 1.91. The van der Waals surface area contributed by atoms with Crippen LogP contribution in [0.3, 0.4) is 0 Å². The largest absolute Gasteiger partial charge is 0.497 e. The predicted octanol–water partition coefficient (Wildman–Crippen LogP) is 2.67. The van der Waals surface area contributed by atoms with Crippen LogP contribution in [0.15, 0.2) is 48.5 Å². The van der Waals surface area contributed by atoms with Gasteiger partial charge in [0, 0.05) is 25.2 Å². The molecule has 0 aliphatic rings. The number of anilines is 1. The van der Waals surface area contributed by atoms with Crippen molar-refractivity contribution in [2.45, 2.75) is 12.8 Å². The Kier molecular flexibility index (Phi) is 7.32. The van der Waals surface area contributed by atoms with E-state index in [0.29, 0.717) is 17.0 Å². The van der Waals surface area contributed by atoms with Gasteiger partial charge >= 0.3 is 0 Å². The lowest BCUT2D eigenvalue weighted by atomic mass is 10.1. The average Bonchev–Trinajstić information content (AvgIpc) is 2.62. The Hall–Kier alpha value is -2.45. The zero-order valence-electron chi connectivity index (χ0n) is 15.3. The summed E-state index contributed by atoms with van der Waals surface area (Å²) in [6.07, 6.45) is 1.31. The number of carbonyl (C=O) groups excluding carboxylic acids is 1. The van der Waals surface area contributed by atoms with Crippen molar-refractivity contribution in [1.82, 2.24) is 4.31 Å². The molecule has 0 aliphatic carbocycles. The number of halogens is 1. The van der Waals surface area contributed by atoms with E-state index >= 15 is 0 Å². The fourth-order valence-electron chi connectivity index (χ4n) is 2.51. The number of hydrogen-bond acceptors (Lipinski definition) is 4. The fraction of sp³-hybridized carbons (Fsp3) is 0.316. The molecule has 0 spiro atoms. The SMILES string of the molecule is COc1ccc(NC(=O)CCN(CCc2ccccc2F)S(C)(=O)=O)cc1. The number of methoxy groups -OCH3 is 1. The van der Waals surface area contributed by atoms with E-state index in [1.54, 1.807) is 49.6 Å². The summed E-state index contributed by atoms with van der Waals surface area (Å²) in [5.41, 5.74) is 1.03. The van der Waals surface area contributed by atoms with E-state index in [2.05, 4.69) is 5.32 Å². The van der Waals surface area contributed by atoms with Crippen LogP contribution >= 0.6 is 0 Å². The molecule has 0 saturated carbocycles. The number of rotatable bonds is 9. The first-order valence-corrected chi connectivity index (χ1v) is 10.3. The third-order valence-corrected chi connectivity index (χ3v) is 5.32. The summed E-state index contributed by atoms with van der Waals surface area (Å²) in [6, 6.07) is 13.1. The first kappa shape index (κ1) is 20.9. The van der Waals surface area contributed by atoms with E-state index in [4.69, 9.17) is 4.74 Å². The third-order valence-electron chi connectivity index (χ3n) is 4.02. The summed E-state index contributed by atoms with van der Waals surface area (Å²) in [4.78, 5) is 12.1. The lowest BCUT2D eigenvalue weighted by molar-refractivity contribution is -0.116. The summed E-state index contributed by atoms with van der Waals surface area (Å²) >= 11 is 0. The van der Waals surface area contributed by atoms with Crippen molar-refractivity contribution >= 4 is 21.6 Å². The number of sulfonamides is 1. The number of carbonyl (C=O) groups is 1. The van der Waals surface area contributed by atoms with Crippen molar-refractivity contribution < 1.29 is 22.3 Å². The van der Waals surface area contributed by atoms with Gasteiger partial charge in [0.25, 0.3) is 0 Å². The Bertz CT molecular complexity index is 870. The number of benzene rings is 2. The van der Waals surface area contributed by atoms with Gasteiger partial charge in [0.2, 0.25) is 15.9 Å². The molecule has 2 aromatic carbocycles. The second-order valence-electron chi connectivity index (χ2n) is 6.03. The van der Waals surface area contributed by atoms with Gasteiger partial charge in [-0.15, -0.1) is 0 Å². The van der Waals surface area contributed by atoms with Gasteiger partial charge in [-0.2, -0.15) is 0 Å². The first-order chi connectivity index (χ1) is 12.8. The zero-order chi connectivity index (χ0) is 19.9. The smallest absolute Gasteiger partial charge is 0.225 e. The topological polar surface area (TPSA) is 75.7 Å².